The van der Waals surface area contributed by atoms with Crippen molar-refractivity contribution in [3.8, 4) is 5.75 Å². The van der Waals surface area contributed by atoms with E-state index < -0.39 is 0 Å². The molecule has 0 aliphatic heterocycles. The number of benzene rings is 1. The Kier molecular flexibility index (Phi) is 3.59. The van der Waals surface area contributed by atoms with E-state index in [1.54, 1.807) is 7.11 Å². The lowest BCUT2D eigenvalue weighted by atomic mass is 9.83. The second-order valence-corrected chi connectivity index (χ2v) is 5.34. The van der Waals surface area contributed by atoms with E-state index in [1.807, 2.05) is 25.1 Å². The highest BCUT2D eigenvalue weighted by atomic mass is 16.5. The van der Waals surface area contributed by atoms with Crippen molar-refractivity contribution in [3.63, 3.8) is 0 Å². The maximum absolute atomic E-state index is 11.8. The number of amides is 1. The molecule has 0 spiro atoms. The summed E-state index contributed by atoms with van der Waals surface area (Å²) in [7, 11) is 1.64. The molecule has 1 aliphatic carbocycles. The first-order valence-corrected chi connectivity index (χ1v) is 7.26. The van der Waals surface area contributed by atoms with Gasteiger partial charge in [-0.15, -0.1) is 0 Å². The van der Waals surface area contributed by atoms with Gasteiger partial charge in [-0.1, -0.05) is 0 Å². The summed E-state index contributed by atoms with van der Waals surface area (Å²) < 4.78 is 11.1. The number of fused-ring (bicyclic) bond motifs is 3. The molecule has 5 nitrogen and oxygen atoms in total. The van der Waals surface area contributed by atoms with Crippen LogP contribution in [-0.2, 0) is 9.53 Å². The Hall–Kier alpha value is -2.01. The Morgan fingerprint density at radius 1 is 1.43 bits per heavy atom. The van der Waals surface area contributed by atoms with Crippen LogP contribution in [0.5, 0.6) is 5.75 Å². The van der Waals surface area contributed by atoms with E-state index in [0.29, 0.717) is 6.61 Å². The van der Waals surface area contributed by atoms with E-state index >= 15 is 0 Å². The van der Waals surface area contributed by atoms with E-state index in [1.165, 1.54) is 0 Å². The number of carbonyl (C=O) groups excluding carboxylic acids is 1. The molecule has 0 fully saturated rings. The summed E-state index contributed by atoms with van der Waals surface area (Å²) in [6, 6.07) is 5.82. The number of methoxy groups -OCH3 is 1. The minimum absolute atomic E-state index is 0.000931. The number of aromatic nitrogens is 1. The Labute approximate surface area is 123 Å². The molecule has 112 valence electrons. The van der Waals surface area contributed by atoms with Crippen LogP contribution in [0.25, 0.3) is 10.9 Å². The predicted octanol–water partition coefficient (Wildman–Crippen LogP) is 2.62. The lowest BCUT2D eigenvalue weighted by Gasteiger charge is -2.27. The predicted molar refractivity (Wildman–Crippen MR) is 80.4 cm³/mol. The normalized spacial score (nSPS) is 21.2. The van der Waals surface area contributed by atoms with Crippen LogP contribution in [0, 0.1) is 0 Å². The van der Waals surface area contributed by atoms with Gasteiger partial charge >= 0.3 is 0 Å². The van der Waals surface area contributed by atoms with Crippen molar-refractivity contribution in [2.24, 2.45) is 5.73 Å². The molecule has 3 rings (SSSR count). The molecule has 0 bridgehead atoms. The SMILES string of the molecule is CCOC1CCC(C(N)=O)c2c1[nH]c1cc(OC)ccc21. The molecule has 0 saturated heterocycles. The lowest BCUT2D eigenvalue weighted by Crippen LogP contribution is -2.27. The van der Waals surface area contributed by atoms with Crippen molar-refractivity contribution in [2.75, 3.05) is 13.7 Å². The largest absolute Gasteiger partial charge is 0.497 e. The summed E-state index contributed by atoms with van der Waals surface area (Å²) in [6.07, 6.45) is 1.53. The van der Waals surface area contributed by atoms with E-state index in [-0.39, 0.29) is 17.9 Å². The number of H-pyrrole nitrogens is 1. The quantitative estimate of drug-likeness (QED) is 0.907. The molecule has 2 aromatic rings. The van der Waals surface area contributed by atoms with Crippen LogP contribution in [0.1, 0.15) is 43.0 Å². The van der Waals surface area contributed by atoms with Crippen molar-refractivity contribution in [3.05, 3.63) is 29.5 Å². The molecule has 1 aromatic carbocycles. The molecule has 21 heavy (non-hydrogen) atoms. The van der Waals surface area contributed by atoms with Crippen LogP contribution in [0.3, 0.4) is 0 Å². The fourth-order valence-electron chi connectivity index (χ4n) is 3.23. The minimum Gasteiger partial charge on any atom is -0.497 e. The highest BCUT2D eigenvalue weighted by Crippen LogP contribution is 2.43. The summed E-state index contributed by atoms with van der Waals surface area (Å²) in [5.41, 5.74) is 8.52. The fourth-order valence-corrected chi connectivity index (χ4v) is 3.23. The Balaban J connectivity index is 2.18. The lowest BCUT2D eigenvalue weighted by molar-refractivity contribution is -0.120. The van der Waals surface area contributed by atoms with Crippen molar-refractivity contribution < 1.29 is 14.3 Å². The summed E-state index contributed by atoms with van der Waals surface area (Å²) in [6.45, 7) is 2.62. The van der Waals surface area contributed by atoms with Crippen LogP contribution < -0.4 is 10.5 Å². The Morgan fingerprint density at radius 3 is 2.90 bits per heavy atom. The molecule has 2 atom stereocenters. The van der Waals surface area contributed by atoms with Crippen LogP contribution >= 0.6 is 0 Å². The van der Waals surface area contributed by atoms with Crippen molar-refractivity contribution in [2.45, 2.75) is 31.8 Å². The number of ether oxygens (including phenoxy) is 2. The first-order valence-electron chi connectivity index (χ1n) is 7.26. The second kappa shape index (κ2) is 5.41. The summed E-state index contributed by atoms with van der Waals surface area (Å²) >= 11 is 0. The average molecular weight is 288 g/mol. The fraction of sp³-hybridized carbons (Fsp3) is 0.438. The zero-order valence-corrected chi connectivity index (χ0v) is 12.3. The van der Waals surface area contributed by atoms with E-state index in [0.717, 1.165) is 40.8 Å². The standard InChI is InChI=1S/C16H20N2O3/c1-3-21-13-7-6-11(16(17)19)14-10-5-4-9(20-2)8-12(10)18-15(13)14/h4-5,8,11,13,18H,3,6-7H2,1-2H3,(H2,17,19). The van der Waals surface area contributed by atoms with Gasteiger partial charge in [-0.3, -0.25) is 4.79 Å². The number of nitrogens with one attached hydrogen (secondary N) is 1. The molecule has 1 aromatic heterocycles. The van der Waals surface area contributed by atoms with Crippen LogP contribution in [0.15, 0.2) is 18.2 Å². The number of carbonyl (C=O) groups is 1. The highest BCUT2D eigenvalue weighted by molar-refractivity contribution is 5.93. The molecule has 1 aliphatic rings. The van der Waals surface area contributed by atoms with Crippen molar-refractivity contribution in [1.29, 1.82) is 0 Å². The van der Waals surface area contributed by atoms with Gasteiger partial charge in [0.05, 0.1) is 19.1 Å². The molecule has 5 heteroatoms. The molecular formula is C16H20N2O3. The maximum atomic E-state index is 11.8. The van der Waals surface area contributed by atoms with Gasteiger partial charge in [0.15, 0.2) is 0 Å². The number of primary amides is 1. The van der Waals surface area contributed by atoms with Gasteiger partial charge in [-0.25, -0.2) is 0 Å². The Morgan fingerprint density at radius 2 is 2.24 bits per heavy atom. The monoisotopic (exact) mass is 288 g/mol. The topological polar surface area (TPSA) is 77.3 Å². The molecule has 1 amide bonds. The molecule has 3 N–H and O–H groups in total. The van der Waals surface area contributed by atoms with Crippen molar-refractivity contribution in [1.82, 2.24) is 4.98 Å². The van der Waals surface area contributed by atoms with Gasteiger partial charge in [0.2, 0.25) is 5.91 Å². The van der Waals surface area contributed by atoms with Crippen LogP contribution in [0.2, 0.25) is 0 Å². The maximum Gasteiger partial charge on any atom is 0.225 e. The zero-order valence-electron chi connectivity index (χ0n) is 12.3. The third kappa shape index (κ3) is 2.27. The van der Waals surface area contributed by atoms with E-state index in [4.69, 9.17) is 15.2 Å². The summed E-state index contributed by atoms with van der Waals surface area (Å²) in [5, 5.41) is 1.03. The highest BCUT2D eigenvalue weighted by Gasteiger charge is 2.34. The summed E-state index contributed by atoms with van der Waals surface area (Å²) in [4.78, 5) is 15.2. The zero-order chi connectivity index (χ0) is 15.0. The smallest absolute Gasteiger partial charge is 0.225 e. The van der Waals surface area contributed by atoms with Gasteiger partial charge in [0, 0.05) is 29.3 Å². The van der Waals surface area contributed by atoms with Crippen LogP contribution in [-0.4, -0.2) is 24.6 Å². The Bertz CT molecular complexity index is 677. The summed E-state index contributed by atoms with van der Waals surface area (Å²) in [5.74, 6) is 0.256. The minimum atomic E-state index is -0.275. The molecular weight excluding hydrogens is 268 g/mol. The van der Waals surface area contributed by atoms with Gasteiger partial charge < -0.3 is 20.2 Å². The molecule has 0 saturated carbocycles. The van der Waals surface area contributed by atoms with Gasteiger partial charge in [-0.05, 0) is 37.5 Å². The first-order chi connectivity index (χ1) is 10.2. The number of nitrogens with two attached hydrogens (primary N) is 1. The van der Waals surface area contributed by atoms with Gasteiger partial charge in [0.25, 0.3) is 0 Å². The number of aromatic amines is 1. The van der Waals surface area contributed by atoms with Crippen molar-refractivity contribution >= 4 is 16.8 Å². The molecule has 2 unspecified atom stereocenters. The van der Waals surface area contributed by atoms with Crippen LogP contribution in [0.4, 0.5) is 0 Å². The molecule has 0 radical (unpaired) electrons. The second-order valence-electron chi connectivity index (χ2n) is 5.34. The van der Waals surface area contributed by atoms with E-state index in [2.05, 4.69) is 4.98 Å². The molecule has 1 heterocycles. The van der Waals surface area contributed by atoms with Gasteiger partial charge in [0.1, 0.15) is 5.75 Å². The van der Waals surface area contributed by atoms with Gasteiger partial charge in [-0.2, -0.15) is 0 Å². The number of hydrogen-bond donors (Lipinski definition) is 2. The average Bonchev–Trinajstić information content (AvgIpc) is 2.86. The number of hydrogen-bond acceptors (Lipinski definition) is 3. The number of rotatable bonds is 4. The van der Waals surface area contributed by atoms with E-state index in [9.17, 15) is 4.79 Å². The first kappa shape index (κ1) is 13.9. The third-order valence-corrected chi connectivity index (χ3v) is 4.18. The third-order valence-electron chi connectivity index (χ3n) is 4.18.